The molecule has 1 heterocycles. The molecule has 0 unspecified atom stereocenters. The summed E-state index contributed by atoms with van der Waals surface area (Å²) in [5, 5.41) is 6.93. The van der Waals surface area contributed by atoms with Gasteiger partial charge in [0, 0.05) is 32.7 Å². The third-order valence-corrected chi connectivity index (χ3v) is 4.63. The summed E-state index contributed by atoms with van der Waals surface area (Å²) in [7, 11) is 3.49. The van der Waals surface area contributed by atoms with Crippen molar-refractivity contribution >= 4 is 29.9 Å². The predicted molar refractivity (Wildman–Crippen MR) is 123 cm³/mol. The monoisotopic (exact) mass is 490 g/mol. The highest BCUT2D eigenvalue weighted by Gasteiger charge is 2.19. The van der Waals surface area contributed by atoms with E-state index in [1.807, 2.05) is 31.3 Å². The summed E-state index contributed by atoms with van der Waals surface area (Å²) in [6, 6.07) is 8.19. The number of guanidine groups is 1. The van der Waals surface area contributed by atoms with Gasteiger partial charge in [-0.1, -0.05) is 6.92 Å². The standard InChI is InChI=1S/C20H34N4O2.HI/c1-4-13-24-14-10-17(11-15-24)23-20(21-2)22-12-5-16-26-19-8-6-18(25-3)7-9-19;/h6-9,17H,4-5,10-16H2,1-3H3,(H2,21,22,23);1H. The van der Waals surface area contributed by atoms with E-state index >= 15 is 0 Å². The number of hydrogen-bond acceptors (Lipinski definition) is 4. The first-order valence-corrected chi connectivity index (χ1v) is 9.71. The second kappa shape index (κ2) is 13.9. The van der Waals surface area contributed by atoms with Gasteiger partial charge in [-0.3, -0.25) is 4.99 Å². The molecule has 1 aromatic carbocycles. The van der Waals surface area contributed by atoms with Gasteiger partial charge in [0.05, 0.1) is 13.7 Å². The van der Waals surface area contributed by atoms with E-state index < -0.39 is 0 Å². The Balaban J connectivity index is 0.00000364. The lowest BCUT2D eigenvalue weighted by molar-refractivity contribution is 0.206. The number of hydrogen-bond donors (Lipinski definition) is 2. The SMILES string of the molecule is CCCN1CCC(NC(=NC)NCCCOc2ccc(OC)cc2)CC1.I. The summed E-state index contributed by atoms with van der Waals surface area (Å²) in [5.74, 6) is 2.60. The number of nitrogens with one attached hydrogen (secondary N) is 2. The van der Waals surface area contributed by atoms with E-state index in [0.29, 0.717) is 12.6 Å². The second-order valence-corrected chi connectivity index (χ2v) is 6.64. The third-order valence-electron chi connectivity index (χ3n) is 4.63. The zero-order chi connectivity index (χ0) is 18.6. The Morgan fingerprint density at radius 3 is 2.44 bits per heavy atom. The normalized spacial score (nSPS) is 15.7. The Morgan fingerprint density at radius 1 is 1.19 bits per heavy atom. The van der Waals surface area contributed by atoms with Crippen molar-refractivity contribution in [2.24, 2.45) is 4.99 Å². The van der Waals surface area contributed by atoms with Crippen molar-refractivity contribution < 1.29 is 9.47 Å². The first-order chi connectivity index (χ1) is 12.7. The van der Waals surface area contributed by atoms with Crippen molar-refractivity contribution in [2.75, 3.05) is 46.9 Å². The van der Waals surface area contributed by atoms with Crippen LogP contribution >= 0.6 is 24.0 Å². The zero-order valence-corrected chi connectivity index (χ0v) is 19.2. The van der Waals surface area contributed by atoms with Crippen LogP contribution in [0.2, 0.25) is 0 Å². The van der Waals surface area contributed by atoms with Gasteiger partial charge >= 0.3 is 0 Å². The smallest absolute Gasteiger partial charge is 0.191 e. The van der Waals surface area contributed by atoms with Crippen molar-refractivity contribution in [3.63, 3.8) is 0 Å². The lowest BCUT2D eigenvalue weighted by Gasteiger charge is -2.32. The van der Waals surface area contributed by atoms with E-state index in [-0.39, 0.29) is 24.0 Å². The van der Waals surface area contributed by atoms with E-state index in [4.69, 9.17) is 9.47 Å². The highest BCUT2D eigenvalue weighted by atomic mass is 127. The van der Waals surface area contributed by atoms with Crippen LogP contribution in [0, 0.1) is 0 Å². The van der Waals surface area contributed by atoms with Gasteiger partial charge in [0.1, 0.15) is 11.5 Å². The molecule has 6 nitrogen and oxygen atoms in total. The van der Waals surface area contributed by atoms with E-state index in [1.165, 1.54) is 38.9 Å². The Hall–Kier alpha value is -1.22. The molecule has 1 aliphatic heterocycles. The molecule has 0 atom stereocenters. The number of aliphatic imine (C=N–C) groups is 1. The molecule has 0 aliphatic carbocycles. The van der Waals surface area contributed by atoms with E-state index in [1.54, 1.807) is 7.11 Å². The van der Waals surface area contributed by atoms with Crippen LogP contribution in [0.4, 0.5) is 0 Å². The number of nitrogens with zero attached hydrogens (tertiary/aromatic N) is 2. The van der Waals surface area contributed by atoms with Gasteiger partial charge < -0.3 is 25.0 Å². The highest BCUT2D eigenvalue weighted by Crippen LogP contribution is 2.17. The maximum Gasteiger partial charge on any atom is 0.191 e. The fourth-order valence-electron chi connectivity index (χ4n) is 3.15. The lowest BCUT2D eigenvalue weighted by atomic mass is 10.1. The molecule has 7 heteroatoms. The summed E-state index contributed by atoms with van der Waals surface area (Å²) < 4.78 is 10.9. The van der Waals surface area contributed by atoms with Crippen LogP contribution in [0.5, 0.6) is 11.5 Å². The molecule has 2 rings (SSSR count). The molecule has 0 radical (unpaired) electrons. The number of rotatable bonds is 9. The van der Waals surface area contributed by atoms with Gasteiger partial charge in [0.15, 0.2) is 5.96 Å². The number of benzene rings is 1. The Morgan fingerprint density at radius 2 is 1.85 bits per heavy atom. The van der Waals surface area contributed by atoms with Crippen molar-refractivity contribution in [3.8, 4) is 11.5 Å². The van der Waals surface area contributed by atoms with Gasteiger partial charge in [-0.25, -0.2) is 0 Å². The number of ether oxygens (including phenoxy) is 2. The molecule has 27 heavy (non-hydrogen) atoms. The lowest BCUT2D eigenvalue weighted by Crippen LogP contribution is -2.49. The summed E-state index contributed by atoms with van der Waals surface area (Å²) in [6.45, 7) is 7.33. The molecule has 0 aromatic heterocycles. The van der Waals surface area contributed by atoms with Gasteiger partial charge in [-0.05, 0) is 56.5 Å². The van der Waals surface area contributed by atoms with Crippen LogP contribution in [0.1, 0.15) is 32.6 Å². The molecule has 2 N–H and O–H groups in total. The average Bonchev–Trinajstić information content (AvgIpc) is 2.69. The molecule has 154 valence electrons. The highest BCUT2D eigenvalue weighted by molar-refractivity contribution is 14.0. The maximum absolute atomic E-state index is 5.74. The van der Waals surface area contributed by atoms with Crippen LogP contribution < -0.4 is 20.1 Å². The Bertz CT molecular complexity index is 531. The summed E-state index contributed by atoms with van der Waals surface area (Å²) >= 11 is 0. The number of likely N-dealkylation sites (tertiary alicyclic amines) is 1. The molecule has 1 saturated heterocycles. The quantitative estimate of drug-likeness (QED) is 0.241. The molecule has 1 fully saturated rings. The topological polar surface area (TPSA) is 58.1 Å². The molecule has 0 amide bonds. The Labute approximate surface area is 181 Å². The van der Waals surface area contributed by atoms with Crippen LogP contribution in [0.15, 0.2) is 29.3 Å². The van der Waals surface area contributed by atoms with Gasteiger partial charge in [0.2, 0.25) is 0 Å². The number of methoxy groups -OCH3 is 1. The minimum atomic E-state index is 0. The van der Waals surface area contributed by atoms with Crippen molar-refractivity contribution in [2.45, 2.75) is 38.6 Å². The van der Waals surface area contributed by atoms with Crippen LogP contribution in [0.3, 0.4) is 0 Å². The predicted octanol–water partition coefficient (Wildman–Crippen LogP) is 3.12. The maximum atomic E-state index is 5.74. The minimum absolute atomic E-state index is 0. The van der Waals surface area contributed by atoms with Crippen LogP contribution in [-0.4, -0.2) is 63.8 Å². The van der Waals surface area contributed by atoms with E-state index in [2.05, 4.69) is 27.4 Å². The largest absolute Gasteiger partial charge is 0.497 e. The van der Waals surface area contributed by atoms with Crippen molar-refractivity contribution in [3.05, 3.63) is 24.3 Å². The summed E-state index contributed by atoms with van der Waals surface area (Å²) in [4.78, 5) is 6.89. The molecule has 0 saturated carbocycles. The van der Waals surface area contributed by atoms with Crippen molar-refractivity contribution in [1.82, 2.24) is 15.5 Å². The van der Waals surface area contributed by atoms with Gasteiger partial charge in [0.25, 0.3) is 0 Å². The summed E-state index contributed by atoms with van der Waals surface area (Å²) in [5.41, 5.74) is 0. The fourth-order valence-corrected chi connectivity index (χ4v) is 3.15. The molecular weight excluding hydrogens is 455 g/mol. The first-order valence-electron chi connectivity index (χ1n) is 9.71. The molecule has 0 bridgehead atoms. The number of piperidine rings is 1. The molecule has 1 aliphatic rings. The van der Waals surface area contributed by atoms with Gasteiger partial charge in [-0.15, -0.1) is 24.0 Å². The van der Waals surface area contributed by atoms with Crippen LogP contribution in [-0.2, 0) is 0 Å². The fraction of sp³-hybridized carbons (Fsp3) is 0.650. The zero-order valence-electron chi connectivity index (χ0n) is 16.9. The number of halogens is 1. The van der Waals surface area contributed by atoms with E-state index in [0.717, 1.165) is 30.4 Å². The second-order valence-electron chi connectivity index (χ2n) is 6.64. The van der Waals surface area contributed by atoms with Crippen LogP contribution in [0.25, 0.3) is 0 Å². The van der Waals surface area contributed by atoms with E-state index in [9.17, 15) is 0 Å². The third kappa shape index (κ3) is 9.01. The molecular formula is C20H35IN4O2. The molecule has 0 spiro atoms. The van der Waals surface area contributed by atoms with Gasteiger partial charge in [-0.2, -0.15) is 0 Å². The Kier molecular flexibility index (Phi) is 12.2. The minimum Gasteiger partial charge on any atom is -0.497 e. The first kappa shape index (κ1) is 23.8. The average molecular weight is 490 g/mol. The summed E-state index contributed by atoms with van der Waals surface area (Å²) in [6.07, 6.45) is 4.52. The van der Waals surface area contributed by atoms with Crippen molar-refractivity contribution in [1.29, 1.82) is 0 Å². The molecule has 1 aromatic rings.